The van der Waals surface area contributed by atoms with Crippen molar-refractivity contribution in [2.75, 3.05) is 13.7 Å². The van der Waals surface area contributed by atoms with Crippen LogP contribution in [0.25, 0.3) is 0 Å². The van der Waals surface area contributed by atoms with Gasteiger partial charge in [-0.1, -0.05) is 35.4 Å². The highest BCUT2D eigenvalue weighted by atomic mass is 35.5. The minimum absolute atomic E-state index is 0.0346. The summed E-state index contributed by atoms with van der Waals surface area (Å²) in [4.78, 5) is 53.5. The van der Waals surface area contributed by atoms with E-state index in [1.54, 1.807) is 24.3 Å². The van der Waals surface area contributed by atoms with E-state index >= 15 is 0 Å². The number of allylic oxidation sites excluding steroid dienone is 2. The lowest BCUT2D eigenvalue weighted by Gasteiger charge is -2.31. The number of nitrogens with zero attached hydrogens (tertiary/aromatic N) is 2. The van der Waals surface area contributed by atoms with Gasteiger partial charge < -0.3 is 4.74 Å². The van der Waals surface area contributed by atoms with Gasteiger partial charge in [0.2, 0.25) is 0 Å². The maximum Gasteiger partial charge on any atom is 0.274 e. The SMILES string of the molecule is COc1ccc(C(=O)CN(C(=O)c2ccc(Cl)cc2Cl)N2C(=O)[C@@H]3[C@H](C2=O)[C@H]2C=C[C@H]3C2)cc1. The Morgan fingerprint density at radius 2 is 1.62 bits per heavy atom. The van der Waals surface area contributed by atoms with Gasteiger partial charge in [-0.15, -0.1) is 0 Å². The Balaban J connectivity index is 1.50. The van der Waals surface area contributed by atoms with Gasteiger partial charge in [0, 0.05) is 10.6 Å². The molecule has 174 valence electrons. The predicted octanol–water partition coefficient (Wildman–Crippen LogP) is 4.05. The van der Waals surface area contributed by atoms with Gasteiger partial charge in [0.15, 0.2) is 5.78 Å². The van der Waals surface area contributed by atoms with Crippen molar-refractivity contribution in [1.82, 2.24) is 10.0 Å². The van der Waals surface area contributed by atoms with E-state index in [0.717, 1.165) is 16.4 Å². The molecular formula is C25H20Cl2N2O5. The number of imide groups is 1. The number of halogens is 2. The van der Waals surface area contributed by atoms with Crippen molar-refractivity contribution in [3.63, 3.8) is 0 Å². The first-order valence-electron chi connectivity index (χ1n) is 10.8. The Labute approximate surface area is 205 Å². The van der Waals surface area contributed by atoms with Crippen LogP contribution in [-0.4, -0.2) is 47.2 Å². The van der Waals surface area contributed by atoms with E-state index in [4.69, 9.17) is 27.9 Å². The van der Waals surface area contributed by atoms with Crippen LogP contribution in [0.3, 0.4) is 0 Å². The second-order valence-electron chi connectivity index (χ2n) is 8.63. The van der Waals surface area contributed by atoms with Gasteiger partial charge in [-0.05, 0) is 60.7 Å². The quantitative estimate of drug-likeness (QED) is 0.340. The molecule has 0 radical (unpaired) electrons. The summed E-state index contributed by atoms with van der Waals surface area (Å²) >= 11 is 12.2. The first kappa shape index (κ1) is 22.6. The minimum Gasteiger partial charge on any atom is -0.497 e. The van der Waals surface area contributed by atoms with E-state index in [1.165, 1.54) is 25.3 Å². The summed E-state index contributed by atoms with van der Waals surface area (Å²) in [7, 11) is 1.51. The average molecular weight is 499 g/mol. The summed E-state index contributed by atoms with van der Waals surface area (Å²) in [5, 5.41) is 2.16. The molecule has 7 nitrogen and oxygen atoms in total. The van der Waals surface area contributed by atoms with Gasteiger partial charge in [0.25, 0.3) is 17.7 Å². The van der Waals surface area contributed by atoms with Crippen molar-refractivity contribution >= 4 is 46.7 Å². The summed E-state index contributed by atoms with van der Waals surface area (Å²) in [5.41, 5.74) is 0.342. The Morgan fingerprint density at radius 1 is 1.00 bits per heavy atom. The number of carbonyl (C=O) groups excluding carboxylic acids is 4. The van der Waals surface area contributed by atoms with Gasteiger partial charge in [-0.3, -0.25) is 19.2 Å². The summed E-state index contributed by atoms with van der Waals surface area (Å²) in [6, 6.07) is 10.7. The Bertz CT molecular complexity index is 1210. The number of amides is 3. The van der Waals surface area contributed by atoms with Crippen LogP contribution in [0.5, 0.6) is 5.75 Å². The summed E-state index contributed by atoms with van der Waals surface area (Å²) in [6.45, 7) is -0.510. The molecule has 0 N–H and O–H groups in total. The molecule has 5 rings (SSSR count). The lowest BCUT2D eigenvalue weighted by atomic mass is 9.85. The van der Waals surface area contributed by atoms with Crippen molar-refractivity contribution in [3.8, 4) is 5.75 Å². The smallest absolute Gasteiger partial charge is 0.274 e. The molecule has 2 aromatic carbocycles. The third kappa shape index (κ3) is 3.60. The van der Waals surface area contributed by atoms with E-state index in [9.17, 15) is 19.2 Å². The van der Waals surface area contributed by atoms with Crippen molar-refractivity contribution in [2.24, 2.45) is 23.7 Å². The summed E-state index contributed by atoms with van der Waals surface area (Å²) in [5.74, 6) is -2.65. The number of hydrogen-bond donors (Lipinski definition) is 0. The van der Waals surface area contributed by atoms with Crippen LogP contribution >= 0.6 is 23.2 Å². The fourth-order valence-corrected chi connectivity index (χ4v) is 5.65. The lowest BCUT2D eigenvalue weighted by Crippen LogP contribution is -2.52. The monoisotopic (exact) mass is 498 g/mol. The molecular weight excluding hydrogens is 479 g/mol. The minimum atomic E-state index is -0.731. The number of hydrazine groups is 1. The van der Waals surface area contributed by atoms with Gasteiger partial charge in [0.05, 0.1) is 29.5 Å². The molecule has 4 atom stereocenters. The van der Waals surface area contributed by atoms with E-state index in [1.807, 2.05) is 12.2 Å². The largest absolute Gasteiger partial charge is 0.497 e. The highest BCUT2D eigenvalue weighted by molar-refractivity contribution is 6.36. The molecule has 1 aliphatic heterocycles. The van der Waals surface area contributed by atoms with Crippen LogP contribution in [0.15, 0.2) is 54.6 Å². The van der Waals surface area contributed by atoms with Gasteiger partial charge in [-0.2, -0.15) is 5.01 Å². The zero-order valence-corrected chi connectivity index (χ0v) is 19.6. The standard InChI is InChI=1S/C25H20Cl2N2O5/c1-34-17-7-4-13(5-8-17)20(30)12-28(23(31)18-9-6-16(26)11-19(18)27)29-24(32)21-14-2-3-15(10-14)22(21)25(29)33/h2-9,11,14-15,21-22H,10,12H2,1H3/t14-,15-,21-,22+/m0/s1. The van der Waals surface area contributed by atoms with Crippen LogP contribution in [0, 0.1) is 23.7 Å². The Kier molecular flexibility index (Phi) is 5.70. The third-order valence-electron chi connectivity index (χ3n) is 6.79. The average Bonchev–Trinajstić information content (AvgIpc) is 3.51. The zero-order valence-electron chi connectivity index (χ0n) is 18.1. The fourth-order valence-electron chi connectivity index (χ4n) is 5.16. The van der Waals surface area contributed by atoms with E-state index in [-0.39, 0.29) is 22.4 Å². The van der Waals surface area contributed by atoms with Crippen molar-refractivity contribution < 1.29 is 23.9 Å². The number of ketones is 1. The second kappa shape index (κ2) is 8.56. The molecule has 2 aromatic rings. The number of Topliss-reactive ketones (excluding diaryl/α,β-unsaturated/α-hetero) is 1. The number of ether oxygens (including phenoxy) is 1. The van der Waals surface area contributed by atoms with E-state index in [0.29, 0.717) is 16.3 Å². The van der Waals surface area contributed by atoms with Crippen LogP contribution in [-0.2, 0) is 9.59 Å². The van der Waals surface area contributed by atoms with Crippen LogP contribution < -0.4 is 4.74 Å². The van der Waals surface area contributed by atoms with Gasteiger partial charge in [0.1, 0.15) is 12.3 Å². The van der Waals surface area contributed by atoms with Crippen LogP contribution in [0.4, 0.5) is 0 Å². The topological polar surface area (TPSA) is 84.0 Å². The lowest BCUT2D eigenvalue weighted by molar-refractivity contribution is -0.154. The molecule has 9 heteroatoms. The third-order valence-corrected chi connectivity index (χ3v) is 7.34. The Morgan fingerprint density at radius 3 is 2.18 bits per heavy atom. The second-order valence-corrected chi connectivity index (χ2v) is 9.47. The normalized spacial score (nSPS) is 24.5. The molecule has 2 bridgehead atoms. The summed E-state index contributed by atoms with van der Waals surface area (Å²) in [6.07, 6.45) is 4.68. The molecule has 3 aliphatic rings. The maximum absolute atomic E-state index is 13.6. The van der Waals surface area contributed by atoms with Crippen molar-refractivity contribution in [3.05, 3.63) is 75.8 Å². The molecule has 1 saturated heterocycles. The Hall–Kier alpha value is -3.16. The molecule has 0 aromatic heterocycles. The van der Waals surface area contributed by atoms with E-state index < -0.39 is 41.9 Å². The van der Waals surface area contributed by atoms with Crippen molar-refractivity contribution in [1.29, 1.82) is 0 Å². The summed E-state index contributed by atoms with van der Waals surface area (Å²) < 4.78 is 5.12. The highest BCUT2D eigenvalue weighted by Gasteiger charge is 2.61. The number of benzene rings is 2. The first-order chi connectivity index (χ1) is 16.3. The van der Waals surface area contributed by atoms with Crippen LogP contribution in [0.2, 0.25) is 10.0 Å². The fraction of sp³-hybridized carbons (Fsp3) is 0.280. The van der Waals surface area contributed by atoms with Crippen molar-refractivity contribution in [2.45, 2.75) is 6.42 Å². The number of methoxy groups -OCH3 is 1. The van der Waals surface area contributed by atoms with E-state index in [2.05, 4.69) is 0 Å². The molecule has 1 saturated carbocycles. The number of fused-ring (bicyclic) bond motifs is 5. The molecule has 2 aliphatic carbocycles. The maximum atomic E-state index is 13.6. The number of hydrogen-bond acceptors (Lipinski definition) is 5. The van der Waals surface area contributed by atoms with Gasteiger partial charge >= 0.3 is 0 Å². The first-order valence-corrected chi connectivity index (χ1v) is 11.6. The van der Waals surface area contributed by atoms with Gasteiger partial charge in [-0.25, -0.2) is 5.01 Å². The highest BCUT2D eigenvalue weighted by Crippen LogP contribution is 2.52. The molecule has 2 fully saturated rings. The van der Waals surface area contributed by atoms with Crippen LogP contribution in [0.1, 0.15) is 27.1 Å². The molecule has 34 heavy (non-hydrogen) atoms. The molecule has 1 heterocycles. The molecule has 0 unspecified atom stereocenters. The zero-order chi connectivity index (χ0) is 24.1. The molecule has 3 amide bonds. The predicted molar refractivity (Wildman–Crippen MR) is 124 cm³/mol. The number of rotatable bonds is 6. The molecule has 0 spiro atoms. The number of carbonyl (C=O) groups is 4.